The van der Waals surface area contributed by atoms with E-state index in [2.05, 4.69) is 9.71 Å². The van der Waals surface area contributed by atoms with Gasteiger partial charge in [-0.3, -0.25) is 9.36 Å². The number of fused-ring (bicyclic) bond motifs is 1. The Kier molecular flexibility index (Phi) is 5.25. The Bertz CT molecular complexity index is 844. The Hall–Kier alpha value is -1.38. The van der Waals surface area contributed by atoms with Gasteiger partial charge in [-0.05, 0) is 25.5 Å². The predicted octanol–water partition coefficient (Wildman–Crippen LogP) is 1.27. The number of benzene rings is 1. The SMILES string of the molecule is Cc1ccc2nc(SCCCNS(C)(=O)=O)n(C)c(=O)c2c1. The summed E-state index contributed by atoms with van der Waals surface area (Å²) < 4.78 is 25.9. The molecule has 0 aliphatic rings. The van der Waals surface area contributed by atoms with Crippen LogP contribution < -0.4 is 10.3 Å². The van der Waals surface area contributed by atoms with Gasteiger partial charge in [0.25, 0.3) is 5.56 Å². The number of hydrogen-bond acceptors (Lipinski definition) is 5. The number of hydrogen-bond donors (Lipinski definition) is 1. The number of nitrogens with zero attached hydrogens (tertiary/aromatic N) is 2. The number of thioether (sulfide) groups is 1. The van der Waals surface area contributed by atoms with E-state index in [0.29, 0.717) is 34.8 Å². The van der Waals surface area contributed by atoms with Gasteiger partial charge < -0.3 is 0 Å². The Labute approximate surface area is 134 Å². The van der Waals surface area contributed by atoms with Gasteiger partial charge in [-0.25, -0.2) is 18.1 Å². The fourth-order valence-electron chi connectivity index (χ4n) is 1.99. The van der Waals surface area contributed by atoms with Crippen LogP contribution in [0.5, 0.6) is 0 Å². The molecule has 0 unspecified atom stereocenters. The van der Waals surface area contributed by atoms with Gasteiger partial charge in [0.1, 0.15) is 0 Å². The van der Waals surface area contributed by atoms with Gasteiger partial charge in [0.2, 0.25) is 10.0 Å². The molecule has 1 aromatic carbocycles. The average molecular weight is 341 g/mol. The van der Waals surface area contributed by atoms with E-state index in [4.69, 9.17) is 0 Å². The maximum absolute atomic E-state index is 12.3. The van der Waals surface area contributed by atoms with Crippen molar-refractivity contribution < 1.29 is 8.42 Å². The molecule has 8 heteroatoms. The van der Waals surface area contributed by atoms with Crippen LogP contribution in [0.4, 0.5) is 0 Å². The molecule has 120 valence electrons. The van der Waals surface area contributed by atoms with Crippen LogP contribution in [-0.2, 0) is 17.1 Å². The highest BCUT2D eigenvalue weighted by Gasteiger charge is 2.09. The molecule has 0 aliphatic heterocycles. The van der Waals surface area contributed by atoms with Crippen molar-refractivity contribution in [3.05, 3.63) is 34.1 Å². The third-order valence-electron chi connectivity index (χ3n) is 3.11. The fraction of sp³-hybridized carbons (Fsp3) is 0.429. The van der Waals surface area contributed by atoms with E-state index in [1.165, 1.54) is 16.3 Å². The maximum Gasteiger partial charge on any atom is 0.261 e. The first-order valence-electron chi connectivity index (χ1n) is 6.83. The van der Waals surface area contributed by atoms with Gasteiger partial charge in [0.05, 0.1) is 17.2 Å². The second kappa shape index (κ2) is 6.80. The Morgan fingerprint density at radius 2 is 2.09 bits per heavy atom. The molecule has 1 N–H and O–H groups in total. The molecule has 2 aromatic rings. The minimum atomic E-state index is -3.15. The summed E-state index contributed by atoms with van der Waals surface area (Å²) in [7, 11) is -1.44. The lowest BCUT2D eigenvalue weighted by Crippen LogP contribution is -2.23. The zero-order chi connectivity index (χ0) is 16.3. The molecular weight excluding hydrogens is 322 g/mol. The van der Waals surface area contributed by atoms with Crippen molar-refractivity contribution in [2.24, 2.45) is 7.05 Å². The molecule has 0 spiro atoms. The lowest BCUT2D eigenvalue weighted by atomic mass is 10.2. The molecular formula is C14H19N3O3S2. The van der Waals surface area contributed by atoms with Crippen LogP contribution in [0.25, 0.3) is 10.9 Å². The summed E-state index contributed by atoms with van der Waals surface area (Å²) in [5.74, 6) is 0.681. The Morgan fingerprint density at radius 1 is 1.36 bits per heavy atom. The topological polar surface area (TPSA) is 81.1 Å². The highest BCUT2D eigenvalue weighted by atomic mass is 32.2. The largest absolute Gasteiger partial charge is 0.290 e. The second-order valence-corrected chi connectivity index (χ2v) is 8.04. The molecule has 0 atom stereocenters. The van der Waals surface area contributed by atoms with E-state index in [0.717, 1.165) is 11.8 Å². The maximum atomic E-state index is 12.3. The predicted molar refractivity (Wildman–Crippen MR) is 89.9 cm³/mol. The summed E-state index contributed by atoms with van der Waals surface area (Å²) in [6.07, 6.45) is 1.80. The number of aryl methyl sites for hydroxylation is 1. The summed E-state index contributed by atoms with van der Waals surface area (Å²) in [5, 5.41) is 1.26. The van der Waals surface area contributed by atoms with Gasteiger partial charge in [-0.15, -0.1) is 0 Å². The van der Waals surface area contributed by atoms with E-state index in [-0.39, 0.29) is 5.56 Å². The molecule has 22 heavy (non-hydrogen) atoms. The van der Waals surface area contributed by atoms with E-state index in [1.807, 2.05) is 25.1 Å². The molecule has 0 bridgehead atoms. The number of rotatable bonds is 6. The van der Waals surface area contributed by atoms with Crippen molar-refractivity contribution in [2.75, 3.05) is 18.6 Å². The van der Waals surface area contributed by atoms with Crippen LogP contribution in [-0.4, -0.2) is 36.5 Å². The second-order valence-electron chi connectivity index (χ2n) is 5.15. The molecule has 0 amide bonds. The van der Waals surface area contributed by atoms with Crippen molar-refractivity contribution in [3.8, 4) is 0 Å². The fourth-order valence-corrected chi connectivity index (χ4v) is 3.41. The Morgan fingerprint density at radius 3 is 2.77 bits per heavy atom. The standard InChI is InChI=1S/C14H19N3O3S2/c1-10-5-6-12-11(9-10)13(18)17(2)14(16-12)21-8-4-7-15-22(3,19)20/h5-6,9,15H,4,7-8H2,1-3H3. The molecule has 2 rings (SSSR count). The van der Waals surface area contributed by atoms with Gasteiger partial charge in [0.15, 0.2) is 5.16 Å². The zero-order valence-electron chi connectivity index (χ0n) is 12.8. The summed E-state index contributed by atoms with van der Waals surface area (Å²) in [6, 6.07) is 5.62. The minimum absolute atomic E-state index is 0.0644. The summed E-state index contributed by atoms with van der Waals surface area (Å²) in [5.41, 5.74) is 1.65. The van der Waals surface area contributed by atoms with Crippen LogP contribution in [0.15, 0.2) is 28.2 Å². The number of nitrogens with one attached hydrogen (secondary N) is 1. The summed E-state index contributed by atoms with van der Waals surface area (Å²) in [6.45, 7) is 2.32. The smallest absolute Gasteiger partial charge is 0.261 e. The number of sulfonamides is 1. The molecule has 0 fully saturated rings. The van der Waals surface area contributed by atoms with E-state index >= 15 is 0 Å². The van der Waals surface area contributed by atoms with Gasteiger partial charge in [-0.2, -0.15) is 0 Å². The molecule has 0 saturated carbocycles. The average Bonchev–Trinajstić information content (AvgIpc) is 2.43. The highest BCUT2D eigenvalue weighted by molar-refractivity contribution is 7.99. The molecule has 0 saturated heterocycles. The monoisotopic (exact) mass is 341 g/mol. The van der Waals surface area contributed by atoms with Crippen LogP contribution in [0.2, 0.25) is 0 Å². The van der Waals surface area contributed by atoms with Crippen LogP contribution in [0, 0.1) is 6.92 Å². The van der Waals surface area contributed by atoms with Crippen molar-refractivity contribution >= 4 is 32.7 Å². The van der Waals surface area contributed by atoms with Gasteiger partial charge in [0, 0.05) is 19.3 Å². The lowest BCUT2D eigenvalue weighted by molar-refractivity contribution is 0.587. The molecule has 1 heterocycles. The Balaban J connectivity index is 2.10. The first-order chi connectivity index (χ1) is 10.3. The molecule has 0 aliphatic carbocycles. The van der Waals surface area contributed by atoms with Gasteiger partial charge >= 0.3 is 0 Å². The van der Waals surface area contributed by atoms with Crippen LogP contribution >= 0.6 is 11.8 Å². The van der Waals surface area contributed by atoms with Crippen molar-refractivity contribution in [1.82, 2.24) is 14.3 Å². The molecule has 6 nitrogen and oxygen atoms in total. The first kappa shape index (κ1) is 17.0. The zero-order valence-corrected chi connectivity index (χ0v) is 14.4. The van der Waals surface area contributed by atoms with Crippen molar-refractivity contribution in [1.29, 1.82) is 0 Å². The first-order valence-corrected chi connectivity index (χ1v) is 9.70. The van der Waals surface area contributed by atoms with Crippen molar-refractivity contribution in [3.63, 3.8) is 0 Å². The third kappa shape index (κ3) is 4.31. The normalized spacial score (nSPS) is 12.0. The van der Waals surface area contributed by atoms with E-state index in [1.54, 1.807) is 7.05 Å². The quantitative estimate of drug-likeness (QED) is 0.486. The molecule has 1 aromatic heterocycles. The van der Waals surface area contributed by atoms with Gasteiger partial charge in [-0.1, -0.05) is 23.4 Å². The van der Waals surface area contributed by atoms with Crippen LogP contribution in [0.3, 0.4) is 0 Å². The molecule has 0 radical (unpaired) electrons. The summed E-state index contributed by atoms with van der Waals surface area (Å²) in [4.78, 5) is 16.8. The highest BCUT2D eigenvalue weighted by Crippen LogP contribution is 2.18. The van der Waals surface area contributed by atoms with Crippen LogP contribution in [0.1, 0.15) is 12.0 Å². The lowest BCUT2D eigenvalue weighted by Gasteiger charge is -2.09. The van der Waals surface area contributed by atoms with Crippen molar-refractivity contribution in [2.45, 2.75) is 18.5 Å². The minimum Gasteiger partial charge on any atom is -0.290 e. The van der Waals surface area contributed by atoms with E-state index < -0.39 is 10.0 Å². The van der Waals surface area contributed by atoms with E-state index in [9.17, 15) is 13.2 Å². The third-order valence-corrected chi connectivity index (χ3v) is 4.95. The summed E-state index contributed by atoms with van der Waals surface area (Å²) >= 11 is 1.45. The number of aromatic nitrogens is 2.